The van der Waals surface area contributed by atoms with Gasteiger partial charge in [-0.2, -0.15) is 0 Å². The van der Waals surface area contributed by atoms with Crippen molar-refractivity contribution in [3.63, 3.8) is 0 Å². The number of aryl methyl sites for hydroxylation is 1. The van der Waals surface area contributed by atoms with Crippen LogP contribution in [0.1, 0.15) is 67.8 Å². The van der Waals surface area contributed by atoms with Crippen LogP contribution in [-0.4, -0.2) is 23.6 Å². The van der Waals surface area contributed by atoms with Crippen LogP contribution in [0.3, 0.4) is 0 Å². The summed E-state index contributed by atoms with van der Waals surface area (Å²) in [6.45, 7) is 8.11. The van der Waals surface area contributed by atoms with E-state index >= 15 is 0 Å². The van der Waals surface area contributed by atoms with Crippen molar-refractivity contribution in [3.05, 3.63) is 16.0 Å². The molecule has 0 atom stereocenters. The Morgan fingerprint density at radius 2 is 1.92 bits per heavy atom. The zero-order valence-electron chi connectivity index (χ0n) is 15.3. The highest BCUT2D eigenvalue weighted by Crippen LogP contribution is 2.38. The van der Waals surface area contributed by atoms with Crippen LogP contribution >= 0.6 is 23.6 Å². The minimum atomic E-state index is -0.326. The van der Waals surface area contributed by atoms with Crippen LogP contribution in [0.25, 0.3) is 0 Å². The third-order valence-corrected chi connectivity index (χ3v) is 5.23. The van der Waals surface area contributed by atoms with Gasteiger partial charge < -0.3 is 15.4 Å². The number of fused-ring (bicyclic) bond motifs is 1. The van der Waals surface area contributed by atoms with Gasteiger partial charge in [0.25, 0.3) is 0 Å². The number of carbonyl (C=O) groups excluding carboxylic acids is 2. The van der Waals surface area contributed by atoms with Gasteiger partial charge in [0.15, 0.2) is 5.11 Å². The molecule has 138 valence electrons. The topological polar surface area (TPSA) is 67.4 Å². The molecule has 0 unspecified atom stereocenters. The maximum absolute atomic E-state index is 12.4. The average molecular weight is 383 g/mol. The van der Waals surface area contributed by atoms with E-state index in [-0.39, 0.29) is 22.4 Å². The number of hydrogen-bond donors (Lipinski definition) is 2. The van der Waals surface area contributed by atoms with Crippen LogP contribution in [0.5, 0.6) is 0 Å². The number of hydrogen-bond acceptors (Lipinski definition) is 5. The molecule has 0 aromatic carbocycles. The molecule has 1 aliphatic carbocycles. The lowest BCUT2D eigenvalue weighted by molar-refractivity contribution is -0.121. The molecule has 7 heteroatoms. The van der Waals surface area contributed by atoms with Gasteiger partial charge in [0.1, 0.15) is 5.00 Å². The second kappa shape index (κ2) is 8.27. The summed E-state index contributed by atoms with van der Waals surface area (Å²) in [5.41, 5.74) is 1.53. The molecular formula is C18H26N2O3S2. The highest BCUT2D eigenvalue weighted by Gasteiger charge is 2.27. The lowest BCUT2D eigenvalue weighted by Crippen LogP contribution is -2.36. The normalized spacial score (nSPS) is 13.8. The minimum Gasteiger partial charge on any atom is -0.462 e. The third kappa shape index (κ3) is 5.51. The number of thiophene rings is 1. The first-order valence-corrected chi connectivity index (χ1v) is 9.86. The number of amides is 1. The Morgan fingerprint density at radius 3 is 2.56 bits per heavy atom. The smallest absolute Gasteiger partial charge is 0.341 e. The van der Waals surface area contributed by atoms with E-state index in [1.54, 1.807) is 6.92 Å². The van der Waals surface area contributed by atoms with Crippen molar-refractivity contribution in [3.8, 4) is 0 Å². The number of ether oxygens (including phenoxy) is 1. The van der Waals surface area contributed by atoms with Crippen molar-refractivity contribution in [2.45, 2.75) is 59.8 Å². The van der Waals surface area contributed by atoms with Gasteiger partial charge in [-0.3, -0.25) is 4.79 Å². The summed E-state index contributed by atoms with van der Waals surface area (Å²) in [6.07, 6.45) is 4.42. The zero-order valence-corrected chi connectivity index (χ0v) is 16.9. The first-order chi connectivity index (χ1) is 11.7. The Hall–Kier alpha value is -1.47. The van der Waals surface area contributed by atoms with Gasteiger partial charge in [-0.25, -0.2) is 4.79 Å². The number of esters is 1. The summed E-state index contributed by atoms with van der Waals surface area (Å²) in [6, 6.07) is 0. The predicted molar refractivity (Wildman–Crippen MR) is 105 cm³/mol. The Morgan fingerprint density at radius 1 is 1.24 bits per heavy atom. The highest BCUT2D eigenvalue weighted by molar-refractivity contribution is 7.80. The molecule has 0 fully saturated rings. The van der Waals surface area contributed by atoms with Crippen LogP contribution in [0.4, 0.5) is 5.00 Å². The Labute approximate surface area is 158 Å². The molecule has 0 aliphatic heterocycles. The number of anilines is 1. The standard InChI is InChI=1S/C18H26N2O3S2/c1-5-23-16(22)14-11-8-6-7-9-12(11)25-15(14)20-17(24)19-13(21)10-18(2,3)4/h5-10H2,1-4H3,(H2,19,20,21,24). The number of nitrogens with one attached hydrogen (secondary N) is 2. The van der Waals surface area contributed by atoms with Gasteiger partial charge in [-0.05, 0) is 55.8 Å². The molecule has 1 amide bonds. The van der Waals surface area contributed by atoms with E-state index in [0.29, 0.717) is 23.6 Å². The zero-order chi connectivity index (χ0) is 18.6. The number of thiocarbonyl (C=S) groups is 1. The Kier molecular flexibility index (Phi) is 6.57. The molecule has 0 spiro atoms. The molecule has 0 saturated carbocycles. The van der Waals surface area contributed by atoms with E-state index < -0.39 is 0 Å². The van der Waals surface area contributed by atoms with Crippen molar-refractivity contribution >= 4 is 45.5 Å². The SMILES string of the molecule is CCOC(=O)c1c(NC(=S)NC(=O)CC(C)(C)C)sc2c1CCCC2. The van der Waals surface area contributed by atoms with Crippen molar-refractivity contribution in [1.29, 1.82) is 0 Å². The van der Waals surface area contributed by atoms with Crippen molar-refractivity contribution < 1.29 is 14.3 Å². The maximum atomic E-state index is 12.4. The lowest BCUT2D eigenvalue weighted by Gasteiger charge is -2.17. The maximum Gasteiger partial charge on any atom is 0.341 e. The van der Waals surface area contributed by atoms with Crippen molar-refractivity contribution in [1.82, 2.24) is 5.32 Å². The molecule has 1 aromatic heterocycles. The summed E-state index contributed by atoms with van der Waals surface area (Å²) in [7, 11) is 0. The van der Waals surface area contributed by atoms with E-state index in [9.17, 15) is 9.59 Å². The van der Waals surface area contributed by atoms with Crippen LogP contribution in [-0.2, 0) is 22.4 Å². The fourth-order valence-electron chi connectivity index (χ4n) is 2.86. The van der Waals surface area contributed by atoms with E-state index in [1.807, 2.05) is 20.8 Å². The monoisotopic (exact) mass is 382 g/mol. The molecule has 5 nitrogen and oxygen atoms in total. The van der Waals surface area contributed by atoms with Crippen molar-refractivity contribution in [2.75, 3.05) is 11.9 Å². The lowest BCUT2D eigenvalue weighted by atomic mass is 9.92. The second-order valence-electron chi connectivity index (χ2n) is 7.38. The summed E-state index contributed by atoms with van der Waals surface area (Å²) >= 11 is 6.80. The molecule has 0 radical (unpaired) electrons. The molecule has 0 saturated heterocycles. The molecule has 25 heavy (non-hydrogen) atoms. The summed E-state index contributed by atoms with van der Waals surface area (Å²) in [5.74, 6) is -0.461. The summed E-state index contributed by atoms with van der Waals surface area (Å²) in [4.78, 5) is 25.7. The first kappa shape index (κ1) is 19.8. The largest absolute Gasteiger partial charge is 0.462 e. The second-order valence-corrected chi connectivity index (χ2v) is 8.89. The van der Waals surface area contributed by atoms with Gasteiger partial charge in [0, 0.05) is 11.3 Å². The first-order valence-electron chi connectivity index (χ1n) is 8.63. The van der Waals surface area contributed by atoms with Crippen LogP contribution in [0.2, 0.25) is 0 Å². The van der Waals surface area contributed by atoms with Crippen LogP contribution in [0.15, 0.2) is 0 Å². The van der Waals surface area contributed by atoms with Gasteiger partial charge in [0.05, 0.1) is 12.2 Å². The number of carbonyl (C=O) groups is 2. The molecule has 2 N–H and O–H groups in total. The third-order valence-electron chi connectivity index (χ3n) is 3.82. The fourth-order valence-corrected chi connectivity index (χ4v) is 4.42. The van der Waals surface area contributed by atoms with Crippen LogP contribution in [0, 0.1) is 5.41 Å². The Balaban J connectivity index is 2.15. The van der Waals surface area contributed by atoms with Gasteiger partial charge >= 0.3 is 5.97 Å². The van der Waals surface area contributed by atoms with E-state index in [4.69, 9.17) is 17.0 Å². The van der Waals surface area contributed by atoms with Crippen LogP contribution < -0.4 is 10.6 Å². The highest BCUT2D eigenvalue weighted by atomic mass is 32.1. The predicted octanol–water partition coefficient (Wildman–Crippen LogP) is 4.05. The molecule has 1 heterocycles. The summed E-state index contributed by atoms with van der Waals surface area (Å²) < 4.78 is 5.22. The van der Waals surface area contributed by atoms with Gasteiger partial charge in [-0.1, -0.05) is 20.8 Å². The quantitative estimate of drug-likeness (QED) is 0.607. The van der Waals surface area contributed by atoms with Crippen molar-refractivity contribution in [2.24, 2.45) is 5.41 Å². The van der Waals surface area contributed by atoms with E-state index in [0.717, 1.165) is 31.2 Å². The van der Waals surface area contributed by atoms with Gasteiger partial charge in [-0.15, -0.1) is 11.3 Å². The molecule has 0 bridgehead atoms. The molecule has 2 rings (SSSR count). The molecular weight excluding hydrogens is 356 g/mol. The minimum absolute atomic E-state index is 0.113. The fraction of sp³-hybridized carbons (Fsp3) is 0.611. The number of rotatable bonds is 4. The summed E-state index contributed by atoms with van der Waals surface area (Å²) in [5, 5.41) is 6.63. The molecule has 1 aromatic rings. The average Bonchev–Trinajstić information content (AvgIpc) is 2.82. The van der Waals surface area contributed by atoms with E-state index in [1.165, 1.54) is 16.2 Å². The molecule has 1 aliphatic rings. The Bertz CT molecular complexity index is 675. The van der Waals surface area contributed by atoms with Gasteiger partial charge in [0.2, 0.25) is 5.91 Å². The van der Waals surface area contributed by atoms with E-state index in [2.05, 4.69) is 10.6 Å².